The summed E-state index contributed by atoms with van der Waals surface area (Å²) in [5, 5.41) is 9.45. The summed E-state index contributed by atoms with van der Waals surface area (Å²) in [6.07, 6.45) is 2.88. The Balaban J connectivity index is 2.16. The number of rotatable bonds is 2. The zero-order chi connectivity index (χ0) is 14.2. The second kappa shape index (κ2) is 5.12. The van der Waals surface area contributed by atoms with E-state index in [2.05, 4.69) is 0 Å². The van der Waals surface area contributed by atoms with E-state index < -0.39 is 18.1 Å². The van der Waals surface area contributed by atoms with E-state index in [0.717, 1.165) is 19.3 Å². The highest BCUT2D eigenvalue weighted by Crippen LogP contribution is 2.36. The number of amides is 1. The Hall–Kier alpha value is -1.10. The number of nitrogens with zero attached hydrogens (tertiary/aromatic N) is 1. The van der Waals surface area contributed by atoms with E-state index in [4.69, 9.17) is 4.74 Å². The largest absolute Gasteiger partial charge is 0.480 e. The molecule has 2 heterocycles. The molecule has 5 nitrogen and oxygen atoms in total. The first-order chi connectivity index (χ1) is 8.83. The van der Waals surface area contributed by atoms with Gasteiger partial charge < -0.3 is 14.7 Å². The van der Waals surface area contributed by atoms with Gasteiger partial charge in [0.15, 0.2) is 0 Å². The minimum Gasteiger partial charge on any atom is -0.480 e. The Labute approximate surface area is 113 Å². The lowest BCUT2D eigenvalue weighted by Crippen LogP contribution is -2.58. The SMILES string of the molecule is CC1CCC(C(=O)N2CCCC(C)(C)C2C(=O)O)O1. The minimum atomic E-state index is -0.913. The zero-order valence-corrected chi connectivity index (χ0v) is 11.9. The maximum atomic E-state index is 12.5. The van der Waals surface area contributed by atoms with Gasteiger partial charge in [-0.3, -0.25) is 4.79 Å². The average Bonchev–Trinajstić information content (AvgIpc) is 2.72. The molecular weight excluding hydrogens is 246 g/mol. The molecule has 0 spiro atoms. The number of hydrogen-bond acceptors (Lipinski definition) is 3. The van der Waals surface area contributed by atoms with Crippen LogP contribution in [-0.4, -0.2) is 46.7 Å². The van der Waals surface area contributed by atoms with Crippen molar-refractivity contribution in [1.82, 2.24) is 4.90 Å². The molecule has 2 saturated heterocycles. The molecule has 0 bridgehead atoms. The number of carboxylic acids is 1. The highest BCUT2D eigenvalue weighted by atomic mass is 16.5. The molecule has 3 unspecified atom stereocenters. The van der Waals surface area contributed by atoms with Crippen molar-refractivity contribution in [3.05, 3.63) is 0 Å². The summed E-state index contributed by atoms with van der Waals surface area (Å²) in [6.45, 7) is 6.31. The summed E-state index contributed by atoms with van der Waals surface area (Å²) in [4.78, 5) is 25.5. The standard InChI is InChI=1S/C14H23NO4/c1-9-5-6-10(19-9)12(16)15-8-4-7-14(2,3)11(15)13(17)18/h9-11H,4-8H2,1-3H3,(H,17,18). The van der Waals surface area contributed by atoms with Crippen LogP contribution in [0, 0.1) is 5.41 Å². The second-order valence-corrected chi connectivity index (χ2v) is 6.38. The molecule has 0 aliphatic carbocycles. The van der Waals surface area contributed by atoms with Crippen molar-refractivity contribution in [2.45, 2.75) is 64.7 Å². The van der Waals surface area contributed by atoms with Crippen molar-refractivity contribution in [3.63, 3.8) is 0 Å². The van der Waals surface area contributed by atoms with Gasteiger partial charge in [-0.15, -0.1) is 0 Å². The van der Waals surface area contributed by atoms with Crippen LogP contribution >= 0.6 is 0 Å². The Bertz CT molecular complexity index is 380. The van der Waals surface area contributed by atoms with Crippen LogP contribution in [-0.2, 0) is 14.3 Å². The summed E-state index contributed by atoms with van der Waals surface area (Å²) in [6, 6.07) is -0.742. The van der Waals surface area contributed by atoms with Crippen LogP contribution in [0.4, 0.5) is 0 Å². The summed E-state index contributed by atoms with van der Waals surface area (Å²) in [5.41, 5.74) is -0.385. The van der Waals surface area contributed by atoms with E-state index in [1.807, 2.05) is 20.8 Å². The lowest BCUT2D eigenvalue weighted by molar-refractivity contribution is -0.164. The first-order valence-corrected chi connectivity index (χ1v) is 7.01. The number of ether oxygens (including phenoxy) is 1. The zero-order valence-electron chi connectivity index (χ0n) is 11.9. The molecule has 0 saturated carbocycles. The van der Waals surface area contributed by atoms with Gasteiger partial charge in [-0.2, -0.15) is 0 Å². The number of carbonyl (C=O) groups is 2. The monoisotopic (exact) mass is 269 g/mol. The predicted octanol–water partition coefficient (Wildman–Crippen LogP) is 1.66. The number of carbonyl (C=O) groups excluding carboxylic acids is 1. The topological polar surface area (TPSA) is 66.8 Å². The maximum Gasteiger partial charge on any atom is 0.326 e. The Kier molecular flexibility index (Phi) is 3.85. The number of hydrogen-bond donors (Lipinski definition) is 1. The van der Waals surface area contributed by atoms with Crippen LogP contribution in [0.1, 0.15) is 46.5 Å². The fourth-order valence-electron chi connectivity index (χ4n) is 3.27. The van der Waals surface area contributed by atoms with Crippen molar-refractivity contribution < 1.29 is 19.4 Å². The molecule has 2 aliphatic rings. The number of carboxylic acid groups (broad SMARTS) is 1. The average molecular weight is 269 g/mol. The molecule has 108 valence electrons. The van der Waals surface area contributed by atoms with Gasteiger partial charge in [-0.1, -0.05) is 13.8 Å². The third kappa shape index (κ3) is 2.76. The summed E-state index contributed by atoms with van der Waals surface area (Å²) < 4.78 is 5.59. The molecule has 0 aromatic rings. The van der Waals surface area contributed by atoms with E-state index in [1.54, 1.807) is 0 Å². The maximum absolute atomic E-state index is 12.5. The van der Waals surface area contributed by atoms with Crippen molar-refractivity contribution in [1.29, 1.82) is 0 Å². The molecule has 0 aromatic carbocycles. The van der Waals surface area contributed by atoms with Crippen LogP contribution in [0.2, 0.25) is 0 Å². The van der Waals surface area contributed by atoms with Gasteiger partial charge in [0, 0.05) is 6.54 Å². The third-order valence-electron chi connectivity index (χ3n) is 4.30. The first-order valence-electron chi connectivity index (χ1n) is 7.01. The molecule has 0 radical (unpaired) electrons. The van der Waals surface area contributed by atoms with E-state index in [0.29, 0.717) is 13.0 Å². The first kappa shape index (κ1) is 14.3. The molecule has 3 atom stereocenters. The molecule has 0 aromatic heterocycles. The highest BCUT2D eigenvalue weighted by Gasteiger charge is 2.46. The van der Waals surface area contributed by atoms with Crippen LogP contribution in [0.15, 0.2) is 0 Å². The van der Waals surface area contributed by atoms with Crippen LogP contribution < -0.4 is 0 Å². The van der Waals surface area contributed by atoms with Crippen molar-refractivity contribution in [2.75, 3.05) is 6.54 Å². The normalized spacial score (nSPS) is 34.3. The van der Waals surface area contributed by atoms with Gasteiger partial charge in [0.1, 0.15) is 12.1 Å². The summed E-state index contributed by atoms with van der Waals surface area (Å²) >= 11 is 0. The molecule has 2 fully saturated rings. The molecule has 2 rings (SSSR count). The lowest BCUT2D eigenvalue weighted by Gasteiger charge is -2.44. The van der Waals surface area contributed by atoms with Gasteiger partial charge in [-0.25, -0.2) is 4.79 Å². The van der Waals surface area contributed by atoms with E-state index in [-0.39, 0.29) is 17.4 Å². The fourth-order valence-corrected chi connectivity index (χ4v) is 3.27. The highest BCUT2D eigenvalue weighted by molar-refractivity contribution is 5.87. The van der Waals surface area contributed by atoms with Crippen LogP contribution in [0.5, 0.6) is 0 Å². The molecule has 5 heteroatoms. The molecule has 2 aliphatic heterocycles. The smallest absolute Gasteiger partial charge is 0.326 e. The van der Waals surface area contributed by atoms with E-state index in [1.165, 1.54) is 4.90 Å². The van der Waals surface area contributed by atoms with Gasteiger partial charge in [-0.05, 0) is 38.0 Å². The fraction of sp³-hybridized carbons (Fsp3) is 0.857. The van der Waals surface area contributed by atoms with Crippen LogP contribution in [0.3, 0.4) is 0 Å². The van der Waals surface area contributed by atoms with Crippen molar-refractivity contribution >= 4 is 11.9 Å². The number of aliphatic carboxylic acids is 1. The van der Waals surface area contributed by atoms with Gasteiger partial charge in [0.25, 0.3) is 5.91 Å². The number of piperidine rings is 1. The van der Waals surface area contributed by atoms with Crippen molar-refractivity contribution in [3.8, 4) is 0 Å². The van der Waals surface area contributed by atoms with E-state index in [9.17, 15) is 14.7 Å². The number of likely N-dealkylation sites (tertiary alicyclic amines) is 1. The predicted molar refractivity (Wildman–Crippen MR) is 69.7 cm³/mol. The molecule has 19 heavy (non-hydrogen) atoms. The van der Waals surface area contributed by atoms with Crippen molar-refractivity contribution in [2.24, 2.45) is 5.41 Å². The Morgan fingerprint density at radius 3 is 2.53 bits per heavy atom. The third-order valence-corrected chi connectivity index (χ3v) is 4.30. The van der Waals surface area contributed by atoms with Gasteiger partial charge in [0.05, 0.1) is 6.10 Å². The van der Waals surface area contributed by atoms with Crippen LogP contribution in [0.25, 0.3) is 0 Å². The second-order valence-electron chi connectivity index (χ2n) is 6.38. The summed E-state index contributed by atoms with van der Waals surface area (Å²) in [5.74, 6) is -1.06. The minimum absolute atomic E-state index is 0.0926. The van der Waals surface area contributed by atoms with Gasteiger partial charge in [0.2, 0.25) is 0 Å². The lowest BCUT2D eigenvalue weighted by atomic mass is 9.76. The molecule has 1 N–H and O–H groups in total. The Morgan fingerprint density at radius 2 is 2.00 bits per heavy atom. The van der Waals surface area contributed by atoms with Gasteiger partial charge >= 0.3 is 5.97 Å². The summed E-state index contributed by atoms with van der Waals surface area (Å²) in [7, 11) is 0. The molecular formula is C14H23NO4. The quantitative estimate of drug-likeness (QED) is 0.828. The van der Waals surface area contributed by atoms with E-state index >= 15 is 0 Å². The molecule has 1 amide bonds. The Morgan fingerprint density at radius 1 is 1.32 bits per heavy atom.